The first-order chi connectivity index (χ1) is 6.07. The normalized spacial score (nSPS) is 22.8. The van der Waals surface area contributed by atoms with Gasteiger partial charge in [-0.25, -0.2) is 0 Å². The Labute approximate surface area is 79.2 Å². The summed E-state index contributed by atoms with van der Waals surface area (Å²) in [4.78, 5) is 0. The van der Waals surface area contributed by atoms with E-state index in [1.807, 2.05) is 6.92 Å². The van der Waals surface area contributed by atoms with Crippen molar-refractivity contribution in [1.29, 1.82) is 0 Å². The first-order valence-corrected chi connectivity index (χ1v) is 4.75. The van der Waals surface area contributed by atoms with Crippen LogP contribution in [0.25, 0.3) is 0 Å². The fourth-order valence-electron chi connectivity index (χ4n) is 1.18. The van der Waals surface area contributed by atoms with E-state index < -0.39 is 0 Å². The molecular weight excluding hydrogens is 166 g/mol. The zero-order valence-electron chi connectivity index (χ0n) is 8.38. The van der Waals surface area contributed by atoms with Crippen molar-refractivity contribution in [2.45, 2.75) is 26.7 Å². The molecule has 0 spiro atoms. The SMILES string of the molecule is CC(CNCC1(C)CC1)C(N)=NO. The molecule has 76 valence electrons. The van der Waals surface area contributed by atoms with Gasteiger partial charge < -0.3 is 16.3 Å². The van der Waals surface area contributed by atoms with Crippen LogP contribution in [-0.2, 0) is 0 Å². The largest absolute Gasteiger partial charge is 0.409 e. The first kappa shape index (κ1) is 10.3. The number of amidine groups is 1. The van der Waals surface area contributed by atoms with Crippen LogP contribution in [-0.4, -0.2) is 24.1 Å². The van der Waals surface area contributed by atoms with Crippen LogP contribution in [0.1, 0.15) is 26.7 Å². The maximum atomic E-state index is 8.41. The van der Waals surface area contributed by atoms with Crippen LogP contribution < -0.4 is 11.1 Å². The summed E-state index contributed by atoms with van der Waals surface area (Å²) in [7, 11) is 0. The van der Waals surface area contributed by atoms with E-state index in [0.29, 0.717) is 11.3 Å². The highest BCUT2D eigenvalue weighted by Gasteiger charge is 2.36. The molecule has 0 amide bonds. The van der Waals surface area contributed by atoms with Crippen molar-refractivity contribution in [3.05, 3.63) is 0 Å². The average Bonchev–Trinajstić information content (AvgIpc) is 2.82. The highest BCUT2D eigenvalue weighted by Crippen LogP contribution is 2.43. The van der Waals surface area contributed by atoms with Crippen molar-refractivity contribution < 1.29 is 5.21 Å². The molecule has 1 fully saturated rings. The number of nitrogens with one attached hydrogen (secondary N) is 1. The minimum Gasteiger partial charge on any atom is -0.409 e. The Kier molecular flexibility index (Phi) is 3.14. The van der Waals surface area contributed by atoms with Crippen molar-refractivity contribution in [2.24, 2.45) is 22.2 Å². The Morgan fingerprint density at radius 2 is 2.31 bits per heavy atom. The Morgan fingerprint density at radius 1 is 1.69 bits per heavy atom. The number of rotatable bonds is 5. The van der Waals surface area contributed by atoms with Gasteiger partial charge in [-0.05, 0) is 18.3 Å². The minimum absolute atomic E-state index is 0.104. The van der Waals surface area contributed by atoms with E-state index >= 15 is 0 Å². The first-order valence-electron chi connectivity index (χ1n) is 4.75. The summed E-state index contributed by atoms with van der Waals surface area (Å²) < 4.78 is 0. The Balaban J connectivity index is 2.11. The molecule has 1 aliphatic carbocycles. The van der Waals surface area contributed by atoms with E-state index in [4.69, 9.17) is 10.9 Å². The number of oxime groups is 1. The third-order valence-electron chi connectivity index (χ3n) is 2.73. The molecule has 0 aromatic rings. The van der Waals surface area contributed by atoms with Crippen molar-refractivity contribution in [2.75, 3.05) is 13.1 Å². The van der Waals surface area contributed by atoms with Crippen LogP contribution in [0.4, 0.5) is 0 Å². The van der Waals surface area contributed by atoms with Crippen molar-refractivity contribution in [1.82, 2.24) is 5.32 Å². The van der Waals surface area contributed by atoms with Gasteiger partial charge in [-0.2, -0.15) is 0 Å². The van der Waals surface area contributed by atoms with E-state index in [2.05, 4.69) is 17.4 Å². The molecule has 1 saturated carbocycles. The Hall–Kier alpha value is -0.770. The van der Waals surface area contributed by atoms with Crippen LogP contribution in [0, 0.1) is 11.3 Å². The summed E-state index contributed by atoms with van der Waals surface area (Å²) in [6, 6.07) is 0. The molecule has 0 aromatic carbocycles. The average molecular weight is 185 g/mol. The molecule has 0 radical (unpaired) electrons. The second-order valence-corrected chi connectivity index (χ2v) is 4.37. The number of nitrogens with zero attached hydrogens (tertiary/aromatic N) is 1. The smallest absolute Gasteiger partial charge is 0.143 e. The predicted octanol–water partition coefficient (Wildman–Crippen LogP) is 0.759. The summed E-state index contributed by atoms with van der Waals surface area (Å²) in [6.45, 7) is 6.03. The van der Waals surface area contributed by atoms with E-state index in [-0.39, 0.29) is 5.92 Å². The lowest BCUT2D eigenvalue weighted by molar-refractivity contribution is 0.314. The molecule has 0 saturated heterocycles. The van der Waals surface area contributed by atoms with Crippen LogP contribution in [0.3, 0.4) is 0 Å². The molecule has 4 heteroatoms. The third kappa shape index (κ3) is 3.22. The summed E-state index contributed by atoms with van der Waals surface area (Å²) >= 11 is 0. The molecule has 0 heterocycles. The maximum absolute atomic E-state index is 8.41. The molecule has 1 unspecified atom stereocenters. The lowest BCUT2D eigenvalue weighted by Crippen LogP contribution is -2.33. The number of hydrogen-bond donors (Lipinski definition) is 3. The lowest BCUT2D eigenvalue weighted by atomic mass is 10.1. The van der Waals surface area contributed by atoms with Gasteiger partial charge in [0, 0.05) is 19.0 Å². The molecular formula is C9H19N3O. The molecule has 0 aliphatic heterocycles. The highest BCUT2D eigenvalue weighted by molar-refractivity contribution is 5.82. The molecule has 0 aromatic heterocycles. The number of nitrogens with two attached hydrogens (primary N) is 1. The van der Waals surface area contributed by atoms with Crippen LogP contribution in [0.15, 0.2) is 5.16 Å². The third-order valence-corrected chi connectivity index (χ3v) is 2.73. The zero-order chi connectivity index (χ0) is 9.90. The van der Waals surface area contributed by atoms with E-state index in [0.717, 1.165) is 13.1 Å². The van der Waals surface area contributed by atoms with Crippen molar-refractivity contribution in [3.63, 3.8) is 0 Å². The second kappa shape index (κ2) is 3.96. The van der Waals surface area contributed by atoms with Gasteiger partial charge in [0.1, 0.15) is 5.84 Å². The van der Waals surface area contributed by atoms with Gasteiger partial charge in [0.2, 0.25) is 0 Å². The van der Waals surface area contributed by atoms with Crippen LogP contribution in [0.2, 0.25) is 0 Å². The second-order valence-electron chi connectivity index (χ2n) is 4.37. The van der Waals surface area contributed by atoms with Crippen LogP contribution >= 0.6 is 0 Å². The molecule has 0 bridgehead atoms. The van der Waals surface area contributed by atoms with Gasteiger partial charge in [-0.3, -0.25) is 0 Å². The fourth-order valence-corrected chi connectivity index (χ4v) is 1.18. The fraction of sp³-hybridized carbons (Fsp3) is 0.889. The van der Waals surface area contributed by atoms with Gasteiger partial charge in [0.05, 0.1) is 0 Å². The van der Waals surface area contributed by atoms with Gasteiger partial charge >= 0.3 is 0 Å². The maximum Gasteiger partial charge on any atom is 0.143 e. The lowest BCUT2D eigenvalue weighted by Gasteiger charge is -2.13. The summed E-state index contributed by atoms with van der Waals surface area (Å²) in [5.74, 6) is 0.404. The summed E-state index contributed by atoms with van der Waals surface area (Å²) in [6.07, 6.45) is 2.63. The summed E-state index contributed by atoms with van der Waals surface area (Å²) in [5, 5.41) is 14.7. The van der Waals surface area contributed by atoms with Gasteiger partial charge in [0.15, 0.2) is 0 Å². The quantitative estimate of drug-likeness (QED) is 0.256. The monoisotopic (exact) mass is 185 g/mol. The molecule has 1 aliphatic rings. The van der Waals surface area contributed by atoms with Crippen molar-refractivity contribution >= 4 is 5.84 Å². The van der Waals surface area contributed by atoms with E-state index in [1.165, 1.54) is 12.8 Å². The van der Waals surface area contributed by atoms with Gasteiger partial charge in [-0.1, -0.05) is 19.0 Å². The molecule has 4 N–H and O–H groups in total. The van der Waals surface area contributed by atoms with Crippen molar-refractivity contribution in [3.8, 4) is 0 Å². The molecule has 1 rings (SSSR count). The number of hydrogen-bond acceptors (Lipinski definition) is 3. The topological polar surface area (TPSA) is 70.6 Å². The standard InChI is InChI=1S/C9H19N3O/c1-7(8(10)12-13)5-11-6-9(2)3-4-9/h7,11,13H,3-6H2,1-2H3,(H2,10,12). The van der Waals surface area contributed by atoms with Crippen LogP contribution in [0.5, 0.6) is 0 Å². The summed E-state index contributed by atoms with van der Waals surface area (Å²) in [5.41, 5.74) is 5.96. The molecule has 1 atom stereocenters. The predicted molar refractivity (Wildman–Crippen MR) is 52.8 cm³/mol. The van der Waals surface area contributed by atoms with E-state index in [1.54, 1.807) is 0 Å². The highest BCUT2D eigenvalue weighted by atomic mass is 16.4. The molecule has 13 heavy (non-hydrogen) atoms. The zero-order valence-corrected chi connectivity index (χ0v) is 8.38. The Morgan fingerprint density at radius 3 is 2.77 bits per heavy atom. The minimum atomic E-state index is 0.104. The van der Waals surface area contributed by atoms with E-state index in [9.17, 15) is 0 Å². The Bertz CT molecular complexity index is 199. The molecule has 4 nitrogen and oxygen atoms in total. The van der Waals surface area contributed by atoms with Gasteiger partial charge in [0.25, 0.3) is 0 Å². The van der Waals surface area contributed by atoms with Gasteiger partial charge in [-0.15, -0.1) is 0 Å².